The van der Waals surface area contributed by atoms with Crippen LogP contribution in [0.4, 0.5) is 4.39 Å². The Labute approximate surface area is 105 Å². The van der Waals surface area contributed by atoms with Gasteiger partial charge < -0.3 is 10.4 Å². The van der Waals surface area contributed by atoms with Crippen molar-refractivity contribution in [1.29, 1.82) is 0 Å². The van der Waals surface area contributed by atoms with E-state index in [1.807, 2.05) is 6.07 Å². The molecule has 0 saturated heterocycles. The minimum Gasteiger partial charge on any atom is -0.479 e. The number of benzene rings is 1. The van der Waals surface area contributed by atoms with Gasteiger partial charge in [-0.3, -0.25) is 0 Å². The maximum atomic E-state index is 12.8. The molecule has 94 valence electrons. The van der Waals surface area contributed by atoms with Gasteiger partial charge in [0.2, 0.25) is 0 Å². The van der Waals surface area contributed by atoms with Crippen molar-refractivity contribution in [2.45, 2.75) is 18.9 Å². The number of aliphatic carboxylic acids is 1. The van der Waals surface area contributed by atoms with E-state index >= 15 is 0 Å². The third kappa shape index (κ3) is 2.97. The van der Waals surface area contributed by atoms with Gasteiger partial charge in [0.15, 0.2) is 0 Å². The summed E-state index contributed by atoms with van der Waals surface area (Å²) in [7, 11) is 0. The molecular weight excluding hydrogens is 233 g/mol. The standard InChI is InChI=1S/C14H14FNO2/c15-11-6-8-12(9-7-11)16-13(14(17)18)10-4-2-1-3-5-10/h1-6,9,13,16H,7-8H2,(H,17,18). The number of hydrogen-bond acceptors (Lipinski definition) is 2. The van der Waals surface area contributed by atoms with Gasteiger partial charge in [-0.1, -0.05) is 36.4 Å². The zero-order chi connectivity index (χ0) is 13.0. The van der Waals surface area contributed by atoms with Gasteiger partial charge in [0.25, 0.3) is 0 Å². The van der Waals surface area contributed by atoms with Gasteiger partial charge in [0.05, 0.1) is 0 Å². The highest BCUT2D eigenvalue weighted by atomic mass is 19.1. The van der Waals surface area contributed by atoms with Crippen molar-refractivity contribution in [2.75, 3.05) is 0 Å². The van der Waals surface area contributed by atoms with E-state index in [4.69, 9.17) is 0 Å². The molecule has 1 aromatic rings. The second-order valence-electron chi connectivity index (χ2n) is 4.11. The van der Waals surface area contributed by atoms with Crippen molar-refractivity contribution >= 4 is 5.97 Å². The van der Waals surface area contributed by atoms with Gasteiger partial charge >= 0.3 is 5.97 Å². The molecule has 3 nitrogen and oxygen atoms in total. The molecule has 1 aromatic carbocycles. The molecule has 0 aromatic heterocycles. The number of carbonyl (C=O) groups is 1. The normalized spacial score (nSPS) is 16.5. The average Bonchev–Trinajstić information content (AvgIpc) is 2.38. The van der Waals surface area contributed by atoms with Gasteiger partial charge in [-0.25, -0.2) is 9.18 Å². The predicted octanol–water partition coefficient (Wildman–Crippen LogP) is 2.93. The van der Waals surface area contributed by atoms with E-state index in [0.29, 0.717) is 12.0 Å². The van der Waals surface area contributed by atoms with E-state index in [0.717, 1.165) is 5.70 Å². The van der Waals surface area contributed by atoms with Gasteiger partial charge in [0, 0.05) is 18.5 Å². The van der Waals surface area contributed by atoms with Crippen LogP contribution in [0.15, 0.2) is 54.0 Å². The van der Waals surface area contributed by atoms with Crippen molar-refractivity contribution in [3.8, 4) is 0 Å². The Hall–Kier alpha value is -2.10. The number of carboxylic acid groups (broad SMARTS) is 1. The predicted molar refractivity (Wildman–Crippen MR) is 66.5 cm³/mol. The van der Waals surface area contributed by atoms with Gasteiger partial charge in [-0.2, -0.15) is 0 Å². The Bertz CT molecular complexity index is 494. The number of nitrogens with one attached hydrogen (secondary N) is 1. The van der Waals surface area contributed by atoms with Gasteiger partial charge in [0.1, 0.15) is 11.9 Å². The Morgan fingerprint density at radius 3 is 2.50 bits per heavy atom. The smallest absolute Gasteiger partial charge is 0.330 e. The molecular formula is C14H14FNO2. The number of halogens is 1. The fourth-order valence-corrected chi connectivity index (χ4v) is 1.84. The molecule has 1 atom stereocenters. The lowest BCUT2D eigenvalue weighted by atomic mass is 10.0. The summed E-state index contributed by atoms with van der Waals surface area (Å²) in [6.07, 6.45) is 3.78. The molecule has 18 heavy (non-hydrogen) atoms. The molecule has 0 radical (unpaired) electrons. The first-order valence-electron chi connectivity index (χ1n) is 5.74. The highest BCUT2D eigenvalue weighted by Gasteiger charge is 2.20. The molecule has 0 amide bonds. The Balaban J connectivity index is 2.11. The minimum absolute atomic E-state index is 0.174. The SMILES string of the molecule is O=C(O)C(NC1=CCC(F)=CC1)c1ccccc1. The lowest BCUT2D eigenvalue weighted by Crippen LogP contribution is -2.28. The first-order valence-corrected chi connectivity index (χ1v) is 5.74. The van der Waals surface area contributed by atoms with Crippen molar-refractivity contribution in [1.82, 2.24) is 5.32 Å². The second kappa shape index (κ2) is 5.49. The topological polar surface area (TPSA) is 49.3 Å². The summed E-state index contributed by atoms with van der Waals surface area (Å²) in [5.74, 6) is -1.12. The highest BCUT2D eigenvalue weighted by Crippen LogP contribution is 2.20. The molecule has 1 aliphatic carbocycles. The summed E-state index contributed by atoms with van der Waals surface area (Å²) in [4.78, 5) is 11.3. The molecule has 0 bridgehead atoms. The molecule has 1 aliphatic rings. The average molecular weight is 247 g/mol. The van der Waals surface area contributed by atoms with E-state index in [-0.39, 0.29) is 12.2 Å². The maximum absolute atomic E-state index is 12.8. The highest BCUT2D eigenvalue weighted by molar-refractivity contribution is 5.75. The molecule has 0 heterocycles. The van der Waals surface area contributed by atoms with Crippen molar-refractivity contribution in [2.24, 2.45) is 0 Å². The van der Waals surface area contributed by atoms with Crippen LogP contribution in [-0.2, 0) is 4.79 Å². The van der Waals surface area contributed by atoms with Crippen LogP contribution in [0.1, 0.15) is 24.4 Å². The molecule has 2 N–H and O–H groups in total. The van der Waals surface area contributed by atoms with Crippen LogP contribution in [0.5, 0.6) is 0 Å². The second-order valence-corrected chi connectivity index (χ2v) is 4.11. The summed E-state index contributed by atoms with van der Waals surface area (Å²) >= 11 is 0. The van der Waals surface area contributed by atoms with E-state index in [9.17, 15) is 14.3 Å². The zero-order valence-electron chi connectivity index (χ0n) is 9.77. The van der Waals surface area contributed by atoms with Crippen LogP contribution in [0.2, 0.25) is 0 Å². The number of carboxylic acids is 1. The summed E-state index contributed by atoms with van der Waals surface area (Å²) in [5, 5.41) is 12.2. The quantitative estimate of drug-likeness (QED) is 0.860. The van der Waals surface area contributed by atoms with Crippen LogP contribution < -0.4 is 5.32 Å². The lowest BCUT2D eigenvalue weighted by Gasteiger charge is -2.19. The molecule has 0 fully saturated rings. The summed E-state index contributed by atoms with van der Waals surface area (Å²) < 4.78 is 12.8. The van der Waals surface area contributed by atoms with Crippen molar-refractivity contribution in [3.63, 3.8) is 0 Å². The molecule has 0 spiro atoms. The molecule has 2 rings (SSSR count). The van der Waals surface area contributed by atoms with Crippen LogP contribution in [0, 0.1) is 0 Å². The third-order valence-electron chi connectivity index (χ3n) is 2.80. The number of allylic oxidation sites excluding steroid dienone is 3. The Kier molecular flexibility index (Phi) is 3.77. The van der Waals surface area contributed by atoms with Crippen molar-refractivity contribution in [3.05, 3.63) is 59.6 Å². The lowest BCUT2D eigenvalue weighted by molar-refractivity contribution is -0.139. The fraction of sp³-hybridized carbons (Fsp3) is 0.214. The maximum Gasteiger partial charge on any atom is 0.330 e. The first-order chi connectivity index (χ1) is 8.66. The van der Waals surface area contributed by atoms with Crippen LogP contribution in [0.25, 0.3) is 0 Å². The van der Waals surface area contributed by atoms with Gasteiger partial charge in [-0.15, -0.1) is 0 Å². The molecule has 0 aliphatic heterocycles. The van der Waals surface area contributed by atoms with Crippen LogP contribution in [-0.4, -0.2) is 11.1 Å². The first kappa shape index (κ1) is 12.4. The van der Waals surface area contributed by atoms with Crippen LogP contribution >= 0.6 is 0 Å². The Morgan fingerprint density at radius 1 is 1.22 bits per heavy atom. The monoisotopic (exact) mass is 247 g/mol. The Morgan fingerprint density at radius 2 is 1.94 bits per heavy atom. The summed E-state index contributed by atoms with van der Waals surface area (Å²) in [5.41, 5.74) is 1.42. The fourth-order valence-electron chi connectivity index (χ4n) is 1.84. The summed E-state index contributed by atoms with van der Waals surface area (Å²) in [6.45, 7) is 0. The summed E-state index contributed by atoms with van der Waals surface area (Å²) in [6, 6.07) is 8.13. The number of hydrogen-bond donors (Lipinski definition) is 2. The number of rotatable bonds is 4. The van der Waals surface area contributed by atoms with E-state index in [1.165, 1.54) is 6.08 Å². The largest absolute Gasteiger partial charge is 0.479 e. The van der Waals surface area contributed by atoms with E-state index in [2.05, 4.69) is 5.32 Å². The molecule has 4 heteroatoms. The van der Waals surface area contributed by atoms with E-state index < -0.39 is 12.0 Å². The molecule has 1 unspecified atom stereocenters. The minimum atomic E-state index is -0.947. The third-order valence-corrected chi connectivity index (χ3v) is 2.80. The van der Waals surface area contributed by atoms with E-state index in [1.54, 1.807) is 30.3 Å². The molecule has 0 saturated carbocycles. The van der Waals surface area contributed by atoms with Crippen molar-refractivity contribution < 1.29 is 14.3 Å². The zero-order valence-corrected chi connectivity index (χ0v) is 9.77. The van der Waals surface area contributed by atoms with Gasteiger partial charge in [-0.05, 0) is 11.6 Å². The van der Waals surface area contributed by atoms with Crippen LogP contribution in [0.3, 0.4) is 0 Å².